The Morgan fingerprint density at radius 3 is 2.23 bits per heavy atom. The monoisotopic (exact) mass is 599 g/mol. The molecule has 10 heteroatoms. The number of carbonyl (C=O) groups is 2. The lowest BCUT2D eigenvalue weighted by Gasteiger charge is -2.28. The number of hydrogen-bond donors (Lipinski definition) is 2. The Hall–Kier alpha value is -4.60. The van der Waals surface area contributed by atoms with Crippen LogP contribution in [0.2, 0.25) is 0 Å². The van der Waals surface area contributed by atoms with Crippen molar-refractivity contribution in [3.8, 4) is 28.1 Å². The Labute approximate surface area is 257 Å². The average Bonchev–Trinajstić information content (AvgIpc) is 3.36. The van der Waals surface area contributed by atoms with Gasteiger partial charge in [-0.3, -0.25) is 4.79 Å². The summed E-state index contributed by atoms with van der Waals surface area (Å²) in [6.45, 7) is 12.6. The standard InChI is InChI=1S/C34H41N5O5/c1-21(2)27(36-33(42)44-34(4,5)6)32(41)43-25-17-15-23(16-18-25)26-22(3)35-30-29(38-19-11-8-12-20-38)28(37-39(30)31(26)40)24-13-9-7-10-14-24/h7,9-10,13-18,21,27,35H,8,11-12,19-20H2,1-6H3,(H,36,42)/t27-/m0/s1. The van der Waals surface area contributed by atoms with Gasteiger partial charge in [0.15, 0.2) is 5.65 Å². The molecule has 232 valence electrons. The number of alkyl carbamates (subject to hydrolysis) is 1. The fraction of sp³-hybridized carbons (Fsp3) is 0.412. The summed E-state index contributed by atoms with van der Waals surface area (Å²) >= 11 is 0. The Morgan fingerprint density at radius 1 is 0.955 bits per heavy atom. The number of aromatic nitrogens is 3. The van der Waals surface area contributed by atoms with E-state index in [9.17, 15) is 14.4 Å². The molecule has 5 rings (SSSR count). The van der Waals surface area contributed by atoms with Crippen molar-refractivity contribution in [1.82, 2.24) is 19.9 Å². The van der Waals surface area contributed by atoms with E-state index in [0.717, 1.165) is 42.9 Å². The van der Waals surface area contributed by atoms with Gasteiger partial charge in [0.2, 0.25) is 0 Å². The van der Waals surface area contributed by atoms with Crippen LogP contribution in [0.15, 0.2) is 59.4 Å². The van der Waals surface area contributed by atoms with Crippen LogP contribution in [0, 0.1) is 12.8 Å². The van der Waals surface area contributed by atoms with Crippen LogP contribution >= 0.6 is 0 Å². The van der Waals surface area contributed by atoms with Gasteiger partial charge in [-0.15, -0.1) is 0 Å². The third-order valence-corrected chi connectivity index (χ3v) is 7.62. The largest absolute Gasteiger partial charge is 0.444 e. The van der Waals surface area contributed by atoms with Crippen molar-refractivity contribution >= 4 is 23.4 Å². The normalized spacial score (nSPS) is 14.5. The van der Waals surface area contributed by atoms with Crippen molar-refractivity contribution in [3.63, 3.8) is 0 Å². The van der Waals surface area contributed by atoms with Gasteiger partial charge >= 0.3 is 12.1 Å². The summed E-state index contributed by atoms with van der Waals surface area (Å²) in [5.41, 5.74) is 4.29. The number of ether oxygens (including phenoxy) is 2. The molecule has 3 heterocycles. The maximum absolute atomic E-state index is 14.0. The van der Waals surface area contributed by atoms with Crippen LogP contribution in [0.1, 0.15) is 59.6 Å². The van der Waals surface area contributed by atoms with Gasteiger partial charge in [-0.25, -0.2) is 9.59 Å². The van der Waals surface area contributed by atoms with Crippen LogP contribution in [0.3, 0.4) is 0 Å². The molecule has 1 aliphatic heterocycles. The minimum Gasteiger partial charge on any atom is -0.444 e. The molecule has 2 aromatic carbocycles. The summed E-state index contributed by atoms with van der Waals surface area (Å²) in [5, 5.41) is 7.45. The third kappa shape index (κ3) is 6.64. The van der Waals surface area contributed by atoms with Gasteiger partial charge in [-0.1, -0.05) is 56.3 Å². The van der Waals surface area contributed by atoms with Crippen molar-refractivity contribution < 1.29 is 19.1 Å². The molecule has 1 aliphatic rings. The molecule has 4 aromatic rings. The fourth-order valence-electron chi connectivity index (χ4n) is 5.52. The zero-order chi connectivity index (χ0) is 31.6. The molecule has 0 aliphatic carbocycles. The second-order valence-corrected chi connectivity index (χ2v) is 12.6. The summed E-state index contributed by atoms with van der Waals surface area (Å²) < 4.78 is 12.4. The number of rotatable bonds is 7. The molecule has 44 heavy (non-hydrogen) atoms. The number of amides is 1. The highest BCUT2D eigenvalue weighted by molar-refractivity contribution is 5.87. The number of nitrogens with one attached hydrogen (secondary N) is 2. The van der Waals surface area contributed by atoms with Crippen molar-refractivity contribution in [3.05, 3.63) is 70.6 Å². The predicted octanol–water partition coefficient (Wildman–Crippen LogP) is 6.11. The van der Waals surface area contributed by atoms with E-state index < -0.39 is 23.7 Å². The van der Waals surface area contributed by atoms with Gasteiger partial charge in [0.1, 0.15) is 28.8 Å². The van der Waals surface area contributed by atoms with E-state index in [2.05, 4.69) is 15.2 Å². The summed E-state index contributed by atoms with van der Waals surface area (Å²) in [6, 6.07) is 15.8. The van der Waals surface area contributed by atoms with Crippen LogP contribution in [-0.4, -0.2) is 51.4 Å². The lowest BCUT2D eigenvalue weighted by molar-refractivity contribution is -0.137. The molecule has 2 N–H and O–H groups in total. The highest BCUT2D eigenvalue weighted by Crippen LogP contribution is 2.35. The zero-order valence-corrected chi connectivity index (χ0v) is 26.3. The van der Waals surface area contributed by atoms with E-state index in [0.29, 0.717) is 28.2 Å². The molecule has 0 saturated carbocycles. The summed E-state index contributed by atoms with van der Waals surface area (Å²) in [4.78, 5) is 45.1. The highest BCUT2D eigenvalue weighted by Gasteiger charge is 2.29. The molecule has 1 amide bonds. The maximum atomic E-state index is 14.0. The number of benzene rings is 2. The average molecular weight is 600 g/mol. The van der Waals surface area contributed by atoms with Gasteiger partial charge in [0.25, 0.3) is 5.56 Å². The van der Waals surface area contributed by atoms with E-state index in [4.69, 9.17) is 14.6 Å². The van der Waals surface area contributed by atoms with Crippen LogP contribution in [0.5, 0.6) is 5.75 Å². The first-order valence-corrected chi connectivity index (χ1v) is 15.2. The van der Waals surface area contributed by atoms with Crippen LogP contribution < -0.4 is 20.5 Å². The Bertz CT molecular complexity index is 1690. The molecular formula is C34H41N5O5. The number of esters is 1. The van der Waals surface area contributed by atoms with Crippen LogP contribution in [0.25, 0.3) is 28.0 Å². The third-order valence-electron chi connectivity index (χ3n) is 7.62. The number of hydrogen-bond acceptors (Lipinski definition) is 7. The molecular weight excluding hydrogens is 558 g/mol. The summed E-state index contributed by atoms with van der Waals surface area (Å²) in [5.74, 6) is -0.542. The molecule has 1 saturated heterocycles. The number of H-pyrrole nitrogens is 1. The quantitative estimate of drug-likeness (QED) is 0.194. The van der Waals surface area contributed by atoms with E-state index in [1.807, 2.05) is 51.1 Å². The first-order valence-electron chi connectivity index (χ1n) is 15.2. The van der Waals surface area contributed by atoms with Gasteiger partial charge in [-0.2, -0.15) is 9.61 Å². The number of nitrogens with zero attached hydrogens (tertiary/aromatic N) is 3. The zero-order valence-electron chi connectivity index (χ0n) is 26.3. The molecule has 0 bridgehead atoms. The first-order chi connectivity index (χ1) is 20.9. The minimum atomic E-state index is -0.898. The lowest BCUT2D eigenvalue weighted by atomic mass is 10.0. The van der Waals surface area contributed by atoms with Crippen LogP contribution in [0.4, 0.5) is 10.5 Å². The van der Waals surface area contributed by atoms with E-state index in [-0.39, 0.29) is 11.5 Å². The summed E-state index contributed by atoms with van der Waals surface area (Å²) in [6.07, 6.45) is 2.70. The molecule has 0 spiro atoms. The molecule has 0 radical (unpaired) electrons. The summed E-state index contributed by atoms with van der Waals surface area (Å²) in [7, 11) is 0. The number of anilines is 1. The second kappa shape index (κ2) is 12.6. The van der Waals surface area contributed by atoms with Gasteiger partial charge in [0.05, 0.1) is 5.56 Å². The molecule has 10 nitrogen and oxygen atoms in total. The minimum absolute atomic E-state index is 0.230. The molecule has 1 fully saturated rings. The van der Waals surface area contributed by atoms with E-state index in [1.165, 1.54) is 10.9 Å². The first kappa shape index (κ1) is 30.8. The SMILES string of the molecule is Cc1[nH]c2c(N3CCCCC3)c(-c3ccccc3)nn2c(=O)c1-c1ccc(OC(=O)[C@@H](NC(=O)OC(C)(C)C)C(C)C)cc1. The highest BCUT2D eigenvalue weighted by atomic mass is 16.6. The number of piperidine rings is 1. The number of carbonyl (C=O) groups excluding carboxylic acids is 2. The van der Waals surface area contributed by atoms with Gasteiger partial charge in [0, 0.05) is 24.3 Å². The predicted molar refractivity (Wildman–Crippen MR) is 171 cm³/mol. The van der Waals surface area contributed by atoms with E-state index in [1.54, 1.807) is 45.0 Å². The van der Waals surface area contributed by atoms with Gasteiger partial charge in [-0.05, 0) is 70.6 Å². The second-order valence-electron chi connectivity index (χ2n) is 12.6. The van der Waals surface area contributed by atoms with Crippen molar-refractivity contribution in [2.75, 3.05) is 18.0 Å². The fourth-order valence-corrected chi connectivity index (χ4v) is 5.52. The molecule has 0 unspecified atom stereocenters. The van der Waals surface area contributed by atoms with Crippen LogP contribution in [-0.2, 0) is 9.53 Å². The number of fused-ring (bicyclic) bond motifs is 1. The number of aryl methyl sites for hydroxylation is 1. The molecule has 2 aromatic heterocycles. The van der Waals surface area contributed by atoms with Crippen molar-refractivity contribution in [2.45, 2.75) is 72.4 Å². The lowest BCUT2D eigenvalue weighted by Crippen LogP contribution is -2.48. The van der Waals surface area contributed by atoms with Crippen molar-refractivity contribution in [2.24, 2.45) is 5.92 Å². The van der Waals surface area contributed by atoms with Crippen molar-refractivity contribution in [1.29, 1.82) is 0 Å². The maximum Gasteiger partial charge on any atom is 0.408 e. The Balaban J connectivity index is 1.44. The smallest absolute Gasteiger partial charge is 0.408 e. The Kier molecular flexibility index (Phi) is 8.80. The Morgan fingerprint density at radius 2 is 1.61 bits per heavy atom. The molecule has 1 atom stereocenters. The van der Waals surface area contributed by atoms with Gasteiger partial charge < -0.3 is 24.7 Å². The van der Waals surface area contributed by atoms with E-state index >= 15 is 0 Å². The topological polar surface area (TPSA) is 118 Å². The number of aromatic amines is 1.